The molecular weight excluding hydrogens is 361 g/mol. The molecule has 0 atom stereocenters. The summed E-state index contributed by atoms with van der Waals surface area (Å²) < 4.78 is 0. The molecular formula is C11H20IN5S. The Balaban J connectivity index is 0.00000162. The van der Waals surface area contributed by atoms with E-state index in [2.05, 4.69) is 20.1 Å². The molecule has 0 unspecified atom stereocenters. The van der Waals surface area contributed by atoms with Gasteiger partial charge in [-0.15, -0.1) is 24.0 Å². The largest absolute Gasteiger partial charge is 0.370 e. The lowest BCUT2D eigenvalue weighted by Crippen LogP contribution is -2.42. The molecule has 1 aromatic heterocycles. The molecule has 3 N–H and O–H groups in total. The first-order valence-electron chi connectivity index (χ1n) is 5.81. The van der Waals surface area contributed by atoms with E-state index in [9.17, 15) is 0 Å². The molecule has 2 rings (SSSR count). The monoisotopic (exact) mass is 381 g/mol. The average molecular weight is 381 g/mol. The van der Waals surface area contributed by atoms with Crippen molar-refractivity contribution in [2.45, 2.75) is 20.4 Å². The van der Waals surface area contributed by atoms with Crippen LogP contribution in [0.3, 0.4) is 0 Å². The van der Waals surface area contributed by atoms with Crippen molar-refractivity contribution in [1.82, 2.24) is 15.1 Å². The van der Waals surface area contributed by atoms with Crippen molar-refractivity contribution < 1.29 is 0 Å². The van der Waals surface area contributed by atoms with E-state index in [1.807, 2.05) is 25.6 Å². The minimum absolute atomic E-state index is 0. The van der Waals surface area contributed by atoms with E-state index in [4.69, 9.17) is 5.73 Å². The van der Waals surface area contributed by atoms with Gasteiger partial charge in [0.25, 0.3) is 0 Å². The molecule has 0 amide bonds. The first kappa shape index (κ1) is 15.6. The van der Waals surface area contributed by atoms with Crippen molar-refractivity contribution in [3.8, 4) is 0 Å². The second kappa shape index (κ2) is 7.22. The predicted molar refractivity (Wildman–Crippen MR) is 87.7 cm³/mol. The van der Waals surface area contributed by atoms with Crippen LogP contribution in [0.4, 0.5) is 0 Å². The van der Waals surface area contributed by atoms with Gasteiger partial charge < -0.3 is 10.6 Å². The van der Waals surface area contributed by atoms with Gasteiger partial charge in [-0.05, 0) is 13.8 Å². The number of aliphatic imine (C=N–C) groups is 1. The van der Waals surface area contributed by atoms with Crippen LogP contribution in [0, 0.1) is 13.8 Å². The van der Waals surface area contributed by atoms with E-state index in [0.717, 1.165) is 41.5 Å². The maximum Gasteiger partial charge on any atom is 0.191 e. The van der Waals surface area contributed by atoms with Gasteiger partial charge in [0.1, 0.15) is 0 Å². The lowest BCUT2D eigenvalue weighted by atomic mass is 10.2. The SMILES string of the molecule is Cc1n[nH]c(C)c1CN=C(N)N1CCSCC1.I. The summed E-state index contributed by atoms with van der Waals surface area (Å²) >= 11 is 1.97. The van der Waals surface area contributed by atoms with Crippen LogP contribution in [0.1, 0.15) is 17.0 Å². The molecule has 1 aromatic rings. The van der Waals surface area contributed by atoms with Gasteiger partial charge in [0.15, 0.2) is 5.96 Å². The highest BCUT2D eigenvalue weighted by molar-refractivity contribution is 14.0. The van der Waals surface area contributed by atoms with Crippen molar-refractivity contribution >= 4 is 41.7 Å². The highest BCUT2D eigenvalue weighted by Gasteiger charge is 2.12. The molecule has 18 heavy (non-hydrogen) atoms. The molecule has 0 spiro atoms. The number of nitrogens with one attached hydrogen (secondary N) is 1. The first-order chi connectivity index (χ1) is 8.18. The summed E-state index contributed by atoms with van der Waals surface area (Å²) in [7, 11) is 0. The fourth-order valence-electron chi connectivity index (χ4n) is 1.86. The van der Waals surface area contributed by atoms with E-state index in [0.29, 0.717) is 12.5 Å². The van der Waals surface area contributed by atoms with Gasteiger partial charge in [0.2, 0.25) is 0 Å². The van der Waals surface area contributed by atoms with Crippen molar-refractivity contribution in [2.24, 2.45) is 10.7 Å². The van der Waals surface area contributed by atoms with E-state index < -0.39 is 0 Å². The van der Waals surface area contributed by atoms with Crippen LogP contribution in [-0.4, -0.2) is 45.7 Å². The summed E-state index contributed by atoms with van der Waals surface area (Å²) in [5, 5.41) is 7.12. The molecule has 0 radical (unpaired) electrons. The second-order valence-electron chi connectivity index (χ2n) is 4.19. The van der Waals surface area contributed by atoms with Gasteiger partial charge >= 0.3 is 0 Å². The molecule has 0 aromatic carbocycles. The number of thioether (sulfide) groups is 1. The summed E-state index contributed by atoms with van der Waals surface area (Å²) in [6.45, 7) is 6.62. The number of aryl methyl sites for hydroxylation is 2. The number of aromatic nitrogens is 2. The normalized spacial score (nSPS) is 16.6. The zero-order valence-electron chi connectivity index (χ0n) is 10.8. The third-order valence-electron chi connectivity index (χ3n) is 3.01. The topological polar surface area (TPSA) is 70.3 Å². The summed E-state index contributed by atoms with van der Waals surface area (Å²) in [4.78, 5) is 6.62. The molecule has 1 aliphatic heterocycles. The Morgan fingerprint density at radius 3 is 2.67 bits per heavy atom. The molecule has 0 aliphatic carbocycles. The van der Waals surface area contributed by atoms with Crippen molar-refractivity contribution in [2.75, 3.05) is 24.6 Å². The Bertz CT molecular complexity index is 392. The maximum atomic E-state index is 6.00. The predicted octanol–water partition coefficient (Wildman–Crippen LogP) is 1.51. The summed E-state index contributed by atoms with van der Waals surface area (Å²) in [6.07, 6.45) is 0. The van der Waals surface area contributed by atoms with Crippen molar-refractivity contribution in [1.29, 1.82) is 0 Å². The second-order valence-corrected chi connectivity index (χ2v) is 5.41. The fraction of sp³-hybridized carbons (Fsp3) is 0.636. The summed E-state index contributed by atoms with van der Waals surface area (Å²) in [5.74, 6) is 2.94. The van der Waals surface area contributed by atoms with Crippen LogP contribution in [0.2, 0.25) is 0 Å². The summed E-state index contributed by atoms with van der Waals surface area (Å²) in [5.41, 5.74) is 9.24. The van der Waals surface area contributed by atoms with Crippen LogP contribution >= 0.6 is 35.7 Å². The van der Waals surface area contributed by atoms with Gasteiger partial charge in [0.05, 0.1) is 12.2 Å². The molecule has 2 heterocycles. The van der Waals surface area contributed by atoms with E-state index in [1.165, 1.54) is 0 Å². The highest BCUT2D eigenvalue weighted by atomic mass is 127. The number of nitrogens with zero attached hydrogens (tertiary/aromatic N) is 3. The minimum Gasteiger partial charge on any atom is -0.370 e. The van der Waals surface area contributed by atoms with Gasteiger partial charge in [-0.25, -0.2) is 4.99 Å². The quantitative estimate of drug-likeness (QED) is 0.463. The third-order valence-corrected chi connectivity index (χ3v) is 3.96. The Kier molecular flexibility index (Phi) is 6.27. The van der Waals surface area contributed by atoms with Gasteiger partial charge in [0, 0.05) is 35.9 Å². The zero-order chi connectivity index (χ0) is 12.3. The lowest BCUT2D eigenvalue weighted by molar-refractivity contribution is 0.455. The number of nitrogens with two attached hydrogens (primary N) is 1. The van der Waals surface area contributed by atoms with Gasteiger partial charge in [-0.3, -0.25) is 5.10 Å². The minimum atomic E-state index is 0. The molecule has 1 aliphatic rings. The smallest absolute Gasteiger partial charge is 0.191 e. The molecule has 1 saturated heterocycles. The zero-order valence-corrected chi connectivity index (χ0v) is 13.9. The Labute approximate surface area is 129 Å². The van der Waals surface area contributed by atoms with E-state index in [1.54, 1.807) is 0 Å². The summed E-state index contributed by atoms with van der Waals surface area (Å²) in [6, 6.07) is 0. The van der Waals surface area contributed by atoms with Gasteiger partial charge in [-0.1, -0.05) is 0 Å². The number of halogens is 1. The van der Waals surface area contributed by atoms with Crippen molar-refractivity contribution in [3.05, 3.63) is 17.0 Å². The number of hydrogen-bond acceptors (Lipinski definition) is 3. The number of aromatic amines is 1. The Morgan fingerprint density at radius 2 is 2.11 bits per heavy atom. The Morgan fingerprint density at radius 1 is 1.44 bits per heavy atom. The first-order valence-corrected chi connectivity index (χ1v) is 6.97. The number of guanidine groups is 1. The number of H-pyrrole nitrogens is 1. The Hall–Kier alpha value is -0.440. The van der Waals surface area contributed by atoms with Crippen molar-refractivity contribution in [3.63, 3.8) is 0 Å². The molecule has 7 heteroatoms. The number of hydrogen-bond donors (Lipinski definition) is 2. The van der Waals surface area contributed by atoms with Crippen LogP contribution in [0.15, 0.2) is 4.99 Å². The van der Waals surface area contributed by atoms with E-state index in [-0.39, 0.29) is 24.0 Å². The van der Waals surface area contributed by atoms with Crippen LogP contribution in [0.5, 0.6) is 0 Å². The molecule has 0 bridgehead atoms. The third kappa shape index (κ3) is 3.78. The number of rotatable bonds is 2. The fourth-order valence-corrected chi connectivity index (χ4v) is 2.76. The van der Waals surface area contributed by atoms with Gasteiger partial charge in [-0.2, -0.15) is 16.9 Å². The van der Waals surface area contributed by atoms with Crippen LogP contribution in [0.25, 0.3) is 0 Å². The molecule has 102 valence electrons. The average Bonchev–Trinajstić information content (AvgIpc) is 2.67. The van der Waals surface area contributed by atoms with Crippen LogP contribution in [-0.2, 0) is 6.54 Å². The molecule has 0 saturated carbocycles. The molecule has 1 fully saturated rings. The highest BCUT2D eigenvalue weighted by Crippen LogP contribution is 2.12. The maximum absolute atomic E-state index is 6.00. The van der Waals surface area contributed by atoms with E-state index >= 15 is 0 Å². The lowest BCUT2D eigenvalue weighted by Gasteiger charge is -2.27. The molecule has 5 nitrogen and oxygen atoms in total. The standard InChI is InChI=1S/C11H19N5S.HI/c1-8-10(9(2)15-14-8)7-13-11(12)16-3-5-17-6-4-16;/h3-7H2,1-2H3,(H2,12,13)(H,14,15);1H. The van der Waals surface area contributed by atoms with Crippen LogP contribution < -0.4 is 5.73 Å².